The molecule has 0 atom stereocenters. The Morgan fingerprint density at radius 1 is 0.636 bits per heavy atom. The number of alkyl halides is 9. The molecule has 0 unspecified atom stereocenters. The second-order valence-electron chi connectivity index (χ2n) is 9.14. The molecular weight excluding hydrogens is 615 g/mol. The fourth-order valence-electron chi connectivity index (χ4n) is 4.86. The Balaban J connectivity index is 1.92. The number of hydrogen-bond acceptors (Lipinski definition) is 5. The lowest BCUT2D eigenvalue weighted by atomic mass is 10.0. The summed E-state index contributed by atoms with van der Waals surface area (Å²) in [6.45, 7) is 6.89. The van der Waals surface area contributed by atoms with E-state index in [0.29, 0.717) is 30.3 Å². The highest BCUT2D eigenvalue weighted by Gasteiger charge is 2.41. The first-order chi connectivity index (χ1) is 20.3. The molecule has 2 heterocycles. The van der Waals surface area contributed by atoms with Gasteiger partial charge in [0.15, 0.2) is 5.69 Å². The van der Waals surface area contributed by atoms with Gasteiger partial charge in [0, 0.05) is 0 Å². The molecule has 0 aliphatic carbocycles. The summed E-state index contributed by atoms with van der Waals surface area (Å²) in [5.41, 5.74) is -15.8. The molecule has 0 aliphatic heterocycles. The van der Waals surface area contributed by atoms with Crippen molar-refractivity contribution in [3.8, 4) is 17.4 Å². The van der Waals surface area contributed by atoms with Crippen molar-refractivity contribution in [1.82, 2.24) is 9.13 Å². The van der Waals surface area contributed by atoms with Crippen molar-refractivity contribution >= 4 is 27.2 Å². The van der Waals surface area contributed by atoms with Crippen molar-refractivity contribution in [3.63, 3.8) is 0 Å². The van der Waals surface area contributed by atoms with E-state index in [1.165, 1.54) is 6.07 Å². The summed E-state index contributed by atoms with van der Waals surface area (Å²) < 4.78 is 124. The molecule has 0 radical (unpaired) electrons. The first-order valence-electron chi connectivity index (χ1n) is 11.6. The molecule has 0 saturated heterocycles. The molecule has 17 heteroatoms. The van der Waals surface area contributed by atoms with Crippen LogP contribution in [-0.4, -0.2) is 9.13 Å². The zero-order chi connectivity index (χ0) is 32.7. The van der Waals surface area contributed by atoms with Crippen molar-refractivity contribution in [2.75, 3.05) is 0 Å². The van der Waals surface area contributed by atoms with Crippen LogP contribution in [-0.2, 0) is 18.5 Å². The Labute approximate surface area is 235 Å². The van der Waals surface area contributed by atoms with Gasteiger partial charge in [0.1, 0.15) is 0 Å². The average molecular weight is 622 g/mol. The highest BCUT2D eigenvalue weighted by Crippen LogP contribution is 2.40. The first kappa shape index (κ1) is 29.8. The summed E-state index contributed by atoms with van der Waals surface area (Å²) in [5, 5.41) is 3.77. The van der Waals surface area contributed by atoms with Crippen LogP contribution in [0.15, 0.2) is 61.6 Å². The third kappa shape index (κ3) is 4.32. The van der Waals surface area contributed by atoms with Gasteiger partial charge in [0.05, 0.1) is 67.8 Å². The summed E-state index contributed by atoms with van der Waals surface area (Å²) in [6, 6.07) is 4.60. The van der Waals surface area contributed by atoms with Crippen LogP contribution >= 0.6 is 0 Å². The van der Waals surface area contributed by atoms with E-state index in [2.05, 4.69) is 4.85 Å². The molecule has 0 fully saturated rings. The average Bonchev–Trinajstić information content (AvgIpc) is 3.33. The van der Waals surface area contributed by atoms with Crippen LogP contribution in [0.5, 0.6) is 0 Å². The van der Waals surface area contributed by atoms with E-state index in [9.17, 15) is 58.7 Å². The van der Waals surface area contributed by atoms with Gasteiger partial charge in [-0.15, -0.1) is 0 Å². The minimum atomic E-state index is -5.65. The topological polar surface area (TPSA) is 106 Å². The molecule has 44 heavy (non-hydrogen) atoms. The Kier molecular flexibility index (Phi) is 6.36. The van der Waals surface area contributed by atoms with Crippen LogP contribution in [0.1, 0.15) is 22.3 Å². The van der Waals surface area contributed by atoms with Crippen LogP contribution in [0.2, 0.25) is 0 Å². The van der Waals surface area contributed by atoms with E-state index in [1.807, 2.05) is 0 Å². The molecule has 2 aromatic heterocycles. The van der Waals surface area contributed by atoms with Crippen molar-refractivity contribution in [1.29, 1.82) is 5.26 Å². The highest BCUT2D eigenvalue weighted by molar-refractivity contribution is 6.03. The molecule has 5 aromatic rings. The number of nitriles is 1. The molecule has 0 amide bonds. The first-order valence-corrected chi connectivity index (χ1v) is 11.6. The van der Waals surface area contributed by atoms with Gasteiger partial charge in [-0.2, -0.15) is 44.8 Å². The third-order valence-corrected chi connectivity index (χ3v) is 6.66. The molecule has 8 nitrogen and oxygen atoms in total. The molecule has 0 N–H and O–H groups in total. The van der Waals surface area contributed by atoms with Crippen LogP contribution in [0.25, 0.3) is 37.8 Å². The Bertz CT molecular complexity index is 2200. The van der Waals surface area contributed by atoms with Gasteiger partial charge in [-0.3, -0.25) is 19.2 Å². The number of hydrogen-bond donors (Lipinski definition) is 0. The zero-order valence-electron chi connectivity index (χ0n) is 20.9. The number of fused-ring (bicyclic) bond motifs is 2. The lowest BCUT2D eigenvalue weighted by molar-refractivity contribution is -0.138. The Morgan fingerprint density at radius 3 is 1.50 bits per heavy atom. The largest absolute Gasteiger partial charge is 0.418 e. The predicted octanol–water partition coefficient (Wildman–Crippen LogP) is 5.37. The summed E-state index contributed by atoms with van der Waals surface area (Å²) in [7, 11) is 0. The van der Waals surface area contributed by atoms with Crippen LogP contribution in [0.3, 0.4) is 0 Å². The molecule has 5 rings (SSSR count). The summed E-state index contributed by atoms with van der Waals surface area (Å²) in [4.78, 5) is 55.6. The van der Waals surface area contributed by atoms with Gasteiger partial charge in [-0.05, 0) is 36.4 Å². The zero-order valence-corrected chi connectivity index (χ0v) is 20.9. The molecule has 0 bridgehead atoms. The van der Waals surface area contributed by atoms with E-state index in [-0.39, 0.29) is 21.3 Å². The second-order valence-corrected chi connectivity index (χ2v) is 9.14. The maximum Gasteiger partial charge on any atom is 0.418 e. The number of benzene rings is 3. The maximum atomic E-state index is 14.5. The second kappa shape index (κ2) is 9.40. The molecule has 0 saturated carbocycles. The number of rotatable bonds is 2. The summed E-state index contributed by atoms with van der Waals surface area (Å²) in [6.07, 6.45) is -16.0. The van der Waals surface area contributed by atoms with E-state index in [1.54, 1.807) is 0 Å². The molecule has 0 aliphatic rings. The van der Waals surface area contributed by atoms with Crippen molar-refractivity contribution < 1.29 is 39.5 Å². The number of halogens is 9. The SMILES string of the molecule is [C-]#[N+]c1ccc(-n2c(=O)c3cc4c(=O)n(-c5ccc(C#N)c(C(F)(F)F)c5)c(=O)c4c(C(F)(F)F)c3c2=O)cc1C(F)(F)F. The normalized spacial score (nSPS) is 12.5. The minimum Gasteiger partial charge on any atom is -0.268 e. The van der Waals surface area contributed by atoms with Gasteiger partial charge >= 0.3 is 18.5 Å². The highest BCUT2D eigenvalue weighted by atomic mass is 19.4. The van der Waals surface area contributed by atoms with Gasteiger partial charge in [0.25, 0.3) is 22.2 Å². The van der Waals surface area contributed by atoms with Gasteiger partial charge in [-0.1, -0.05) is 6.07 Å². The fraction of sp³-hybridized carbons (Fsp3) is 0.111. The lowest BCUT2D eigenvalue weighted by Crippen LogP contribution is -2.25. The van der Waals surface area contributed by atoms with Crippen molar-refractivity contribution in [2.24, 2.45) is 0 Å². The Morgan fingerprint density at radius 2 is 1.09 bits per heavy atom. The van der Waals surface area contributed by atoms with Crippen LogP contribution < -0.4 is 22.2 Å². The maximum absolute atomic E-state index is 14.5. The van der Waals surface area contributed by atoms with Crippen molar-refractivity contribution in [3.05, 3.63) is 118 Å². The van der Waals surface area contributed by atoms with Crippen molar-refractivity contribution in [2.45, 2.75) is 18.5 Å². The third-order valence-electron chi connectivity index (χ3n) is 6.66. The minimum absolute atomic E-state index is 0.0546. The smallest absolute Gasteiger partial charge is 0.268 e. The molecule has 3 aromatic carbocycles. The molecule has 222 valence electrons. The predicted molar refractivity (Wildman–Crippen MR) is 134 cm³/mol. The standard InChI is InChI=1S/C27H7F9N4O4/c1-38-17-5-4-12(7-16(17)26(31,32)33)40-22(42)14-8-13-18(20(27(34,35)36)19(14)24(40)44)23(43)39(21(13)41)11-3-2-10(9-37)15(6-11)25(28,29)30/h2-8H. The number of nitrogens with zero attached hydrogens (tertiary/aromatic N) is 4. The molecular formula is C27H7F9N4O4. The fourth-order valence-corrected chi connectivity index (χ4v) is 4.86. The van der Waals surface area contributed by atoms with E-state index in [0.717, 1.165) is 0 Å². The van der Waals surface area contributed by atoms with Crippen LogP contribution in [0.4, 0.5) is 45.2 Å². The van der Waals surface area contributed by atoms with E-state index < -0.39 is 102 Å². The Hall–Kier alpha value is -5.71. The van der Waals surface area contributed by atoms with E-state index in [4.69, 9.17) is 11.8 Å². The lowest BCUT2D eigenvalue weighted by Gasteiger charge is -2.11. The summed E-state index contributed by atoms with van der Waals surface area (Å²) in [5.74, 6) is 0. The monoisotopic (exact) mass is 622 g/mol. The quantitative estimate of drug-likeness (QED) is 0.195. The number of aromatic nitrogens is 2. The molecule has 0 spiro atoms. The summed E-state index contributed by atoms with van der Waals surface area (Å²) >= 11 is 0. The van der Waals surface area contributed by atoms with Crippen LogP contribution in [0, 0.1) is 17.9 Å². The van der Waals surface area contributed by atoms with Gasteiger partial charge < -0.3 is 0 Å². The van der Waals surface area contributed by atoms with Gasteiger partial charge in [0.2, 0.25) is 0 Å². The van der Waals surface area contributed by atoms with E-state index >= 15 is 0 Å². The van der Waals surface area contributed by atoms with Gasteiger partial charge in [-0.25, -0.2) is 14.0 Å².